The fourth-order valence-corrected chi connectivity index (χ4v) is 8.45. The molecule has 0 bridgehead atoms. The van der Waals surface area contributed by atoms with Gasteiger partial charge in [0.2, 0.25) is 17.7 Å². The number of benzene rings is 3. The van der Waals surface area contributed by atoms with E-state index in [-0.39, 0.29) is 30.4 Å². The Balaban J connectivity index is 1.33. The lowest BCUT2D eigenvalue weighted by Crippen LogP contribution is -2.60. The van der Waals surface area contributed by atoms with Crippen LogP contribution in [0.25, 0.3) is 0 Å². The van der Waals surface area contributed by atoms with Crippen LogP contribution in [0.15, 0.2) is 78.9 Å². The molecule has 3 aromatic rings. The number of ether oxygens (including phenoxy) is 1. The molecule has 0 radical (unpaired) electrons. The van der Waals surface area contributed by atoms with Gasteiger partial charge >= 0.3 is 0 Å². The number of aliphatic hydroxyl groups is 2. The fraction of sp³-hybridized carbons (Fsp3) is 0.421. The minimum atomic E-state index is -1.71. The van der Waals surface area contributed by atoms with Crippen molar-refractivity contribution in [2.24, 2.45) is 0 Å². The number of carbonyl (C=O) groups excluding carboxylic acids is 4. The van der Waals surface area contributed by atoms with E-state index >= 15 is 0 Å². The molecule has 0 saturated carbocycles. The molecule has 5 N–H and O–H groups in total. The quantitative estimate of drug-likeness (QED) is 0.168. The van der Waals surface area contributed by atoms with Crippen molar-refractivity contribution < 1.29 is 34.1 Å². The summed E-state index contributed by atoms with van der Waals surface area (Å²) in [6.07, 6.45) is -0.193. The van der Waals surface area contributed by atoms with Gasteiger partial charge in [0.1, 0.15) is 17.8 Å². The molecule has 1 saturated heterocycles. The highest BCUT2D eigenvalue weighted by atomic mass is 32.2. The summed E-state index contributed by atoms with van der Waals surface area (Å²) in [5, 5.41) is 31.2. The van der Waals surface area contributed by atoms with Gasteiger partial charge in [0.05, 0.1) is 37.6 Å². The molecule has 5 rings (SSSR count). The number of aliphatic hydroxyl groups excluding tert-OH is 2. The first-order valence-corrected chi connectivity index (χ1v) is 19.2. The summed E-state index contributed by atoms with van der Waals surface area (Å²) in [4.78, 5) is 56.4. The number of thioether (sulfide) groups is 2. The zero-order valence-corrected chi connectivity index (χ0v) is 30.8. The van der Waals surface area contributed by atoms with Crippen LogP contribution in [0.3, 0.4) is 0 Å². The molecule has 272 valence electrons. The van der Waals surface area contributed by atoms with Crippen LogP contribution in [0.2, 0.25) is 0 Å². The largest absolute Gasteiger partial charge is 0.496 e. The van der Waals surface area contributed by atoms with Crippen LogP contribution in [0, 0.1) is 0 Å². The lowest BCUT2D eigenvalue weighted by Gasteiger charge is -2.34. The van der Waals surface area contributed by atoms with Crippen LogP contribution in [-0.4, -0.2) is 98.8 Å². The van der Waals surface area contributed by atoms with E-state index < -0.39 is 58.8 Å². The summed E-state index contributed by atoms with van der Waals surface area (Å²) in [6, 6.07) is 20.2. The predicted octanol–water partition coefficient (Wildman–Crippen LogP) is 2.63. The number of para-hydroxylation sites is 1. The smallest absolute Gasteiger partial charge is 0.254 e. The molecule has 3 aromatic carbocycles. The number of rotatable bonds is 14. The average Bonchev–Trinajstić information content (AvgIpc) is 3.61. The second-order valence-corrected chi connectivity index (χ2v) is 15.9. The van der Waals surface area contributed by atoms with Crippen LogP contribution in [0.5, 0.6) is 5.75 Å². The highest BCUT2D eigenvalue weighted by Crippen LogP contribution is 2.41. The van der Waals surface area contributed by atoms with E-state index in [4.69, 9.17) is 4.74 Å². The first-order valence-electron chi connectivity index (χ1n) is 16.9. The van der Waals surface area contributed by atoms with Gasteiger partial charge in [-0.3, -0.25) is 19.2 Å². The van der Waals surface area contributed by atoms with Crippen molar-refractivity contribution in [1.29, 1.82) is 0 Å². The lowest BCUT2D eigenvalue weighted by atomic mass is 9.96. The van der Waals surface area contributed by atoms with Gasteiger partial charge in [-0.2, -0.15) is 11.8 Å². The Morgan fingerprint density at radius 3 is 2.41 bits per heavy atom. The van der Waals surface area contributed by atoms with Crippen LogP contribution >= 0.6 is 23.5 Å². The molecule has 11 nitrogen and oxygen atoms in total. The molecule has 1 aliphatic heterocycles. The van der Waals surface area contributed by atoms with E-state index in [1.54, 1.807) is 24.3 Å². The number of hydrogen-bond donors (Lipinski definition) is 5. The van der Waals surface area contributed by atoms with Crippen molar-refractivity contribution in [2.75, 3.05) is 25.0 Å². The number of carbonyl (C=O) groups is 4. The Bertz CT molecular complexity index is 1710. The third-order valence-electron chi connectivity index (χ3n) is 9.37. The molecule has 4 amide bonds. The normalized spacial score (nSPS) is 20.8. The van der Waals surface area contributed by atoms with Crippen LogP contribution in [0.1, 0.15) is 42.1 Å². The summed E-state index contributed by atoms with van der Waals surface area (Å²) < 4.78 is 4.66. The maximum atomic E-state index is 14.2. The minimum Gasteiger partial charge on any atom is -0.496 e. The maximum absolute atomic E-state index is 14.2. The number of nitrogens with zero attached hydrogens (tertiary/aromatic N) is 1. The van der Waals surface area contributed by atoms with Gasteiger partial charge in [0, 0.05) is 22.5 Å². The van der Waals surface area contributed by atoms with Crippen LogP contribution < -0.4 is 20.7 Å². The van der Waals surface area contributed by atoms with Crippen LogP contribution in [-0.2, 0) is 38.4 Å². The van der Waals surface area contributed by atoms with E-state index in [1.807, 2.05) is 74.7 Å². The molecule has 1 aliphatic carbocycles. The maximum Gasteiger partial charge on any atom is 0.254 e. The fourth-order valence-electron chi connectivity index (χ4n) is 6.74. The Morgan fingerprint density at radius 1 is 1.00 bits per heavy atom. The molecule has 6 atom stereocenters. The SMILES string of the molecule is COc1ccccc1CC(=O)NC(CSC)C(=O)NC(Cc1ccccc1)C(O)C(=O)N1CSC(C)(C)C1C(=O)NC1c2ccccc2CC1O. The summed E-state index contributed by atoms with van der Waals surface area (Å²) >= 11 is 2.78. The first kappa shape index (κ1) is 38.2. The van der Waals surface area contributed by atoms with Gasteiger partial charge in [0.25, 0.3) is 5.91 Å². The Kier molecular flexibility index (Phi) is 12.7. The van der Waals surface area contributed by atoms with Gasteiger partial charge < -0.3 is 35.8 Å². The molecule has 1 heterocycles. The van der Waals surface area contributed by atoms with Gasteiger partial charge in [-0.05, 0) is 49.3 Å². The highest BCUT2D eigenvalue weighted by molar-refractivity contribution is 8.00. The first-order chi connectivity index (χ1) is 24.4. The summed E-state index contributed by atoms with van der Waals surface area (Å²) in [6.45, 7) is 3.73. The molecule has 13 heteroatoms. The zero-order valence-electron chi connectivity index (χ0n) is 29.2. The van der Waals surface area contributed by atoms with E-state index in [0.29, 0.717) is 17.7 Å². The second kappa shape index (κ2) is 17.0. The van der Waals surface area contributed by atoms with E-state index in [1.165, 1.54) is 35.5 Å². The van der Waals surface area contributed by atoms with Crippen LogP contribution in [0.4, 0.5) is 0 Å². The van der Waals surface area contributed by atoms with E-state index in [0.717, 1.165) is 16.7 Å². The highest BCUT2D eigenvalue weighted by Gasteiger charge is 2.51. The van der Waals surface area contributed by atoms with Crippen molar-refractivity contribution in [1.82, 2.24) is 20.9 Å². The van der Waals surface area contributed by atoms with Crippen molar-refractivity contribution >= 4 is 47.2 Å². The van der Waals surface area contributed by atoms with Crippen molar-refractivity contribution in [3.8, 4) is 5.75 Å². The molecule has 0 spiro atoms. The van der Waals surface area contributed by atoms with Crippen molar-refractivity contribution in [3.63, 3.8) is 0 Å². The number of nitrogens with one attached hydrogen (secondary N) is 3. The predicted molar refractivity (Wildman–Crippen MR) is 199 cm³/mol. The molecule has 1 fully saturated rings. The molecule has 2 aliphatic rings. The Morgan fingerprint density at radius 2 is 1.69 bits per heavy atom. The zero-order chi connectivity index (χ0) is 36.7. The van der Waals surface area contributed by atoms with Crippen molar-refractivity contribution in [2.45, 2.75) is 74.2 Å². The molecular formula is C38H46N4O7S2. The Hall–Kier alpha value is -4.04. The summed E-state index contributed by atoms with van der Waals surface area (Å²) in [7, 11) is 1.52. The summed E-state index contributed by atoms with van der Waals surface area (Å²) in [5.41, 5.74) is 3.23. The van der Waals surface area contributed by atoms with Crippen molar-refractivity contribution in [3.05, 3.63) is 101 Å². The standard InChI is InChI=1S/C38H46N4O7S2/c1-38(2)34(36(47)41-32-26-16-10-8-14-24(26)19-29(32)43)42(22-51-38)37(48)33(45)27(18-23-12-6-5-7-13-23)40-35(46)28(21-50-4)39-31(44)20-25-15-9-11-17-30(25)49-3/h5-17,27-29,32-34,43,45H,18-22H2,1-4H3,(H,39,44)(H,40,46)(H,41,47). The second-order valence-electron chi connectivity index (χ2n) is 13.4. The van der Waals surface area contributed by atoms with E-state index in [9.17, 15) is 29.4 Å². The van der Waals surface area contributed by atoms with Gasteiger partial charge in [-0.15, -0.1) is 11.8 Å². The molecular weight excluding hydrogens is 689 g/mol. The third kappa shape index (κ3) is 9.07. The number of amides is 4. The van der Waals surface area contributed by atoms with Gasteiger partial charge in [-0.1, -0.05) is 72.8 Å². The molecule has 51 heavy (non-hydrogen) atoms. The topological polar surface area (TPSA) is 157 Å². The number of methoxy groups -OCH3 is 1. The van der Waals surface area contributed by atoms with Gasteiger partial charge in [0.15, 0.2) is 6.10 Å². The number of hydrogen-bond acceptors (Lipinski definition) is 9. The third-order valence-corrected chi connectivity index (χ3v) is 11.4. The van der Waals surface area contributed by atoms with Gasteiger partial charge in [-0.25, -0.2) is 0 Å². The lowest BCUT2D eigenvalue weighted by molar-refractivity contribution is -0.148. The average molecular weight is 735 g/mol. The Labute approximate surface area is 307 Å². The van der Waals surface area contributed by atoms with E-state index in [2.05, 4.69) is 16.0 Å². The molecule has 6 unspecified atom stereocenters. The number of fused-ring (bicyclic) bond motifs is 1. The minimum absolute atomic E-state index is 0.00787. The molecule has 0 aromatic heterocycles. The summed E-state index contributed by atoms with van der Waals surface area (Å²) in [5.74, 6) is -1.13. The monoisotopic (exact) mass is 734 g/mol.